The first-order valence-electron chi connectivity index (χ1n) is 7.93. The van der Waals surface area contributed by atoms with Crippen molar-refractivity contribution in [3.8, 4) is 0 Å². The number of aryl methyl sites for hydroxylation is 1. The average molecular weight is 347 g/mol. The Hall–Kier alpha value is -1.69. The van der Waals surface area contributed by atoms with Crippen molar-refractivity contribution >= 4 is 9.84 Å². The minimum Gasteiger partial charge on any atom is -0.384 e. The minimum absolute atomic E-state index is 0.105. The molecule has 2 aromatic carbocycles. The topological polar surface area (TPSA) is 66.4 Å². The number of hydrogen-bond donors (Lipinski definition) is 2. The average Bonchev–Trinajstić information content (AvgIpc) is 2.52. The molecule has 0 aliphatic rings. The van der Waals surface area contributed by atoms with Crippen molar-refractivity contribution in [1.82, 2.24) is 5.32 Å². The molecule has 0 saturated carbocycles. The van der Waals surface area contributed by atoms with E-state index < -0.39 is 15.4 Å². The van der Waals surface area contributed by atoms with Crippen molar-refractivity contribution in [2.75, 3.05) is 12.8 Å². The Balaban J connectivity index is 2.09. The lowest BCUT2D eigenvalue weighted by Gasteiger charge is -2.27. The molecule has 0 unspecified atom stereocenters. The van der Waals surface area contributed by atoms with Crippen LogP contribution in [0.25, 0.3) is 0 Å². The van der Waals surface area contributed by atoms with Gasteiger partial charge in [0.2, 0.25) is 0 Å². The van der Waals surface area contributed by atoms with E-state index in [4.69, 9.17) is 0 Å². The fourth-order valence-corrected chi connectivity index (χ4v) is 3.33. The molecule has 0 fully saturated rings. The van der Waals surface area contributed by atoms with Gasteiger partial charge in [0.15, 0.2) is 9.84 Å². The molecule has 2 rings (SSSR count). The number of sulfone groups is 1. The molecule has 5 heteroatoms. The predicted molar refractivity (Wildman–Crippen MR) is 96.7 cm³/mol. The number of benzene rings is 2. The summed E-state index contributed by atoms with van der Waals surface area (Å²) in [5, 5.41) is 14.1. The standard InChI is InChI=1S/C19H25NO3S/c1-14-7-5-6-8-18(14)15(2)20-13-19(3,21)16-9-11-17(12-10-16)24(4,22)23/h5-12,15,20-21H,13H2,1-4H3/t15-,19+/m1/s1. The Bertz CT molecular complexity index is 796. The molecule has 0 aliphatic heterocycles. The van der Waals surface area contributed by atoms with Crippen LogP contribution in [0.4, 0.5) is 0 Å². The molecule has 0 aliphatic carbocycles. The Labute approximate surface area is 144 Å². The first-order chi connectivity index (χ1) is 11.1. The highest BCUT2D eigenvalue weighted by Crippen LogP contribution is 2.24. The van der Waals surface area contributed by atoms with Crippen LogP contribution in [-0.2, 0) is 15.4 Å². The minimum atomic E-state index is -3.23. The van der Waals surface area contributed by atoms with Gasteiger partial charge in [-0.1, -0.05) is 36.4 Å². The monoisotopic (exact) mass is 347 g/mol. The highest BCUT2D eigenvalue weighted by molar-refractivity contribution is 7.90. The SMILES string of the molecule is Cc1ccccc1[C@@H](C)NC[C@](C)(O)c1ccc(S(C)(=O)=O)cc1. The summed E-state index contributed by atoms with van der Waals surface area (Å²) in [6, 6.07) is 14.6. The van der Waals surface area contributed by atoms with Gasteiger partial charge >= 0.3 is 0 Å². The number of hydrogen-bond acceptors (Lipinski definition) is 4. The molecule has 130 valence electrons. The van der Waals surface area contributed by atoms with E-state index in [1.54, 1.807) is 19.1 Å². The summed E-state index contributed by atoms with van der Waals surface area (Å²) in [5.41, 5.74) is 1.99. The first kappa shape index (κ1) is 18.6. The van der Waals surface area contributed by atoms with Gasteiger partial charge in [-0.15, -0.1) is 0 Å². The van der Waals surface area contributed by atoms with Crippen molar-refractivity contribution in [3.05, 3.63) is 65.2 Å². The van der Waals surface area contributed by atoms with E-state index >= 15 is 0 Å². The van der Waals surface area contributed by atoms with E-state index in [2.05, 4.69) is 31.3 Å². The summed E-state index contributed by atoms with van der Waals surface area (Å²) in [7, 11) is -3.23. The van der Waals surface area contributed by atoms with E-state index in [0.717, 1.165) is 0 Å². The van der Waals surface area contributed by atoms with Crippen LogP contribution in [0.15, 0.2) is 53.4 Å². The lowest BCUT2D eigenvalue weighted by Crippen LogP contribution is -2.36. The van der Waals surface area contributed by atoms with Crippen LogP contribution >= 0.6 is 0 Å². The second-order valence-electron chi connectivity index (χ2n) is 6.53. The van der Waals surface area contributed by atoms with Gasteiger partial charge in [0.05, 0.1) is 10.5 Å². The molecule has 0 aromatic heterocycles. The highest BCUT2D eigenvalue weighted by atomic mass is 32.2. The molecule has 24 heavy (non-hydrogen) atoms. The van der Waals surface area contributed by atoms with Gasteiger partial charge in [-0.05, 0) is 49.6 Å². The van der Waals surface area contributed by atoms with Gasteiger partial charge in [0.25, 0.3) is 0 Å². The Morgan fingerprint density at radius 1 is 1.12 bits per heavy atom. The van der Waals surface area contributed by atoms with Gasteiger partial charge in [-0.3, -0.25) is 0 Å². The van der Waals surface area contributed by atoms with Crippen LogP contribution in [0.3, 0.4) is 0 Å². The van der Waals surface area contributed by atoms with Crippen LogP contribution < -0.4 is 5.32 Å². The highest BCUT2D eigenvalue weighted by Gasteiger charge is 2.24. The predicted octanol–water partition coefficient (Wildman–Crippen LogP) is 2.96. The summed E-state index contributed by atoms with van der Waals surface area (Å²) >= 11 is 0. The van der Waals surface area contributed by atoms with E-state index in [1.807, 2.05) is 12.1 Å². The number of aliphatic hydroxyl groups is 1. The zero-order valence-electron chi connectivity index (χ0n) is 14.6. The van der Waals surface area contributed by atoms with E-state index in [9.17, 15) is 13.5 Å². The second-order valence-corrected chi connectivity index (χ2v) is 8.55. The summed E-state index contributed by atoms with van der Waals surface area (Å²) < 4.78 is 23.0. The normalized spacial score (nSPS) is 15.7. The third-order valence-corrected chi connectivity index (χ3v) is 5.44. The summed E-state index contributed by atoms with van der Waals surface area (Å²) in [6.07, 6.45) is 1.17. The molecule has 0 radical (unpaired) electrons. The van der Waals surface area contributed by atoms with E-state index in [0.29, 0.717) is 12.1 Å². The zero-order chi connectivity index (χ0) is 18.0. The fraction of sp³-hybridized carbons (Fsp3) is 0.368. The van der Waals surface area contributed by atoms with Crippen LogP contribution in [0.1, 0.15) is 36.6 Å². The van der Waals surface area contributed by atoms with E-state index in [1.165, 1.54) is 29.5 Å². The molecule has 0 saturated heterocycles. The van der Waals surface area contributed by atoms with Crippen molar-refractivity contribution in [1.29, 1.82) is 0 Å². The van der Waals surface area contributed by atoms with Crippen LogP contribution in [0.5, 0.6) is 0 Å². The second kappa shape index (κ2) is 7.05. The van der Waals surface area contributed by atoms with Crippen LogP contribution in [0.2, 0.25) is 0 Å². The molecule has 0 amide bonds. The number of rotatable bonds is 6. The summed E-state index contributed by atoms with van der Waals surface area (Å²) in [5.74, 6) is 0. The maximum atomic E-state index is 11.5. The van der Waals surface area contributed by atoms with Crippen LogP contribution in [0, 0.1) is 6.92 Å². The molecule has 0 spiro atoms. The third-order valence-electron chi connectivity index (χ3n) is 4.31. The van der Waals surface area contributed by atoms with Crippen molar-refractivity contribution < 1.29 is 13.5 Å². The zero-order valence-corrected chi connectivity index (χ0v) is 15.4. The quantitative estimate of drug-likeness (QED) is 0.843. The molecule has 4 nitrogen and oxygen atoms in total. The summed E-state index contributed by atoms with van der Waals surface area (Å²) in [4.78, 5) is 0.253. The fourth-order valence-electron chi connectivity index (χ4n) is 2.70. The van der Waals surface area contributed by atoms with E-state index in [-0.39, 0.29) is 10.9 Å². The smallest absolute Gasteiger partial charge is 0.175 e. The van der Waals surface area contributed by atoms with Crippen molar-refractivity contribution in [2.45, 2.75) is 37.3 Å². The maximum absolute atomic E-state index is 11.5. The molecule has 2 atom stereocenters. The molecule has 0 heterocycles. The molecular formula is C19H25NO3S. The first-order valence-corrected chi connectivity index (χ1v) is 9.82. The maximum Gasteiger partial charge on any atom is 0.175 e. The molecule has 0 bridgehead atoms. The van der Waals surface area contributed by atoms with Gasteiger partial charge in [0, 0.05) is 18.8 Å². The number of nitrogens with one attached hydrogen (secondary N) is 1. The molecule has 2 N–H and O–H groups in total. The lowest BCUT2D eigenvalue weighted by atomic mass is 9.95. The Morgan fingerprint density at radius 2 is 1.71 bits per heavy atom. The van der Waals surface area contributed by atoms with Crippen molar-refractivity contribution in [2.24, 2.45) is 0 Å². The van der Waals surface area contributed by atoms with Crippen molar-refractivity contribution in [3.63, 3.8) is 0 Å². The van der Waals surface area contributed by atoms with Gasteiger partial charge in [0.1, 0.15) is 0 Å². The molecular weight excluding hydrogens is 322 g/mol. The third kappa shape index (κ3) is 4.44. The van der Waals surface area contributed by atoms with Crippen LogP contribution in [-0.4, -0.2) is 26.3 Å². The Morgan fingerprint density at radius 3 is 2.25 bits per heavy atom. The molecule has 2 aromatic rings. The van der Waals surface area contributed by atoms with Gasteiger partial charge < -0.3 is 10.4 Å². The summed E-state index contributed by atoms with van der Waals surface area (Å²) in [6.45, 7) is 6.21. The Kier molecular flexibility index (Phi) is 5.48. The largest absolute Gasteiger partial charge is 0.384 e. The van der Waals surface area contributed by atoms with Gasteiger partial charge in [-0.2, -0.15) is 0 Å². The van der Waals surface area contributed by atoms with Gasteiger partial charge in [-0.25, -0.2) is 8.42 Å². The lowest BCUT2D eigenvalue weighted by molar-refractivity contribution is 0.0543.